The predicted molar refractivity (Wildman–Crippen MR) is 110 cm³/mol. The van der Waals surface area contributed by atoms with Crippen LogP contribution in [0.2, 0.25) is 15.1 Å². The van der Waals surface area contributed by atoms with Gasteiger partial charge in [-0.2, -0.15) is 0 Å². The number of aliphatic carboxylic acids is 1. The Hall–Kier alpha value is -2.06. The van der Waals surface area contributed by atoms with E-state index < -0.39 is 23.9 Å². The van der Waals surface area contributed by atoms with E-state index in [4.69, 9.17) is 39.5 Å². The zero-order valence-electron chi connectivity index (χ0n) is 14.2. The minimum Gasteiger partial charge on any atom is -0.481 e. The molecule has 1 unspecified atom stereocenters. The summed E-state index contributed by atoms with van der Waals surface area (Å²) in [4.78, 5) is 30.4. The minimum atomic E-state index is -1.60. The van der Waals surface area contributed by atoms with Crippen molar-refractivity contribution in [3.63, 3.8) is 0 Å². The maximum atomic E-state index is 13.3. The Morgan fingerprint density at radius 3 is 2.68 bits per heavy atom. The summed E-state index contributed by atoms with van der Waals surface area (Å²) < 4.78 is 6.49. The lowest BCUT2D eigenvalue weighted by Gasteiger charge is -2.38. The number of carbonyl (C=O) groups excluding carboxylic acids is 1. The van der Waals surface area contributed by atoms with Gasteiger partial charge in [-0.15, -0.1) is 0 Å². The average molecular weight is 458 g/mol. The quantitative estimate of drug-likeness (QED) is 0.558. The number of nitrogens with zero attached hydrogens (tertiary/aromatic N) is 2. The number of halogens is 3. The molecular weight excluding hydrogens is 447 g/mol. The van der Waals surface area contributed by atoms with Crippen molar-refractivity contribution in [3.8, 4) is 5.75 Å². The summed E-state index contributed by atoms with van der Waals surface area (Å²) in [5.41, 5.74) is -0.645. The first-order chi connectivity index (χ1) is 13.2. The molecule has 0 fully saturated rings. The van der Waals surface area contributed by atoms with Crippen LogP contribution in [0.4, 0.5) is 10.8 Å². The van der Waals surface area contributed by atoms with E-state index in [9.17, 15) is 14.7 Å². The van der Waals surface area contributed by atoms with Crippen molar-refractivity contribution in [2.24, 2.45) is 0 Å². The van der Waals surface area contributed by atoms with Gasteiger partial charge < -0.3 is 9.84 Å². The number of ether oxygens (including phenoxy) is 1. The van der Waals surface area contributed by atoms with Gasteiger partial charge in [-0.25, -0.2) is 9.88 Å². The first kappa shape index (κ1) is 19.3. The molecule has 0 saturated heterocycles. The molecule has 1 N–H and O–H groups in total. The number of carboxylic acids is 1. The van der Waals surface area contributed by atoms with Gasteiger partial charge >= 0.3 is 5.97 Å². The first-order valence-corrected chi connectivity index (χ1v) is 9.93. The van der Waals surface area contributed by atoms with Crippen molar-refractivity contribution >= 4 is 79.1 Å². The topological polar surface area (TPSA) is 79.7 Å². The molecular formula is C18H11Cl3N2O4S. The zero-order chi connectivity index (χ0) is 20.2. The summed E-state index contributed by atoms with van der Waals surface area (Å²) in [6, 6.07) is 8.05. The molecule has 0 spiro atoms. The molecule has 2 aromatic carbocycles. The largest absolute Gasteiger partial charge is 0.481 e. The van der Waals surface area contributed by atoms with Crippen LogP contribution in [0.25, 0.3) is 10.2 Å². The molecule has 6 nitrogen and oxygen atoms in total. The van der Waals surface area contributed by atoms with Crippen LogP contribution < -0.4 is 9.64 Å². The molecule has 0 radical (unpaired) electrons. The van der Waals surface area contributed by atoms with Crippen LogP contribution in [0.15, 0.2) is 30.3 Å². The van der Waals surface area contributed by atoms with E-state index in [1.165, 1.54) is 23.2 Å². The molecule has 4 rings (SSSR count). The number of fused-ring (bicyclic) bond motifs is 2. The lowest BCUT2D eigenvalue weighted by atomic mass is 9.97. The molecule has 1 aliphatic rings. The number of carbonyl (C=O) groups is 2. The number of hydrogen-bond acceptors (Lipinski definition) is 5. The molecule has 3 aromatic rings. The Morgan fingerprint density at radius 1 is 1.25 bits per heavy atom. The number of rotatable bonds is 3. The second-order valence-corrected chi connectivity index (χ2v) is 8.65. The average Bonchev–Trinajstić information content (AvgIpc) is 2.98. The van der Waals surface area contributed by atoms with Crippen molar-refractivity contribution in [3.05, 3.63) is 45.4 Å². The van der Waals surface area contributed by atoms with Gasteiger partial charge in [0.05, 0.1) is 32.4 Å². The third-order valence-electron chi connectivity index (χ3n) is 4.25. The first-order valence-electron chi connectivity index (χ1n) is 7.98. The maximum absolute atomic E-state index is 13.3. The Balaban J connectivity index is 1.92. The minimum absolute atomic E-state index is 0.335. The molecule has 1 aromatic heterocycles. The van der Waals surface area contributed by atoms with Gasteiger partial charge in [-0.05, 0) is 37.3 Å². The van der Waals surface area contributed by atoms with Crippen LogP contribution in [-0.2, 0) is 9.59 Å². The molecule has 1 atom stereocenters. The highest BCUT2D eigenvalue weighted by Crippen LogP contribution is 2.46. The van der Waals surface area contributed by atoms with E-state index in [0.717, 1.165) is 4.70 Å². The summed E-state index contributed by atoms with van der Waals surface area (Å²) in [6.07, 6.45) is -0.507. The lowest BCUT2D eigenvalue weighted by molar-refractivity contribution is -0.148. The van der Waals surface area contributed by atoms with Crippen LogP contribution in [0.3, 0.4) is 0 Å². The summed E-state index contributed by atoms with van der Waals surface area (Å²) in [5, 5.41) is 10.7. The number of amides is 1. The van der Waals surface area contributed by atoms with Crippen molar-refractivity contribution in [2.75, 3.05) is 4.90 Å². The van der Waals surface area contributed by atoms with Crippen LogP contribution in [0, 0.1) is 0 Å². The molecule has 1 amide bonds. The van der Waals surface area contributed by atoms with Crippen molar-refractivity contribution in [1.29, 1.82) is 0 Å². The second-order valence-electron chi connectivity index (χ2n) is 6.39. The van der Waals surface area contributed by atoms with Crippen LogP contribution in [-0.4, -0.2) is 27.6 Å². The number of anilines is 2. The fourth-order valence-electron chi connectivity index (χ4n) is 2.98. The van der Waals surface area contributed by atoms with Crippen molar-refractivity contribution in [1.82, 2.24) is 4.98 Å². The highest BCUT2D eigenvalue weighted by molar-refractivity contribution is 7.22. The molecule has 10 heteroatoms. The third-order valence-corrected chi connectivity index (χ3v) is 6.21. The SMILES string of the molecule is CC1(CC(=O)O)Oc2ccc(Cl)cc2N(c2nc3cc(Cl)c(Cl)cc3s2)C1=O. The van der Waals surface area contributed by atoms with Gasteiger partial charge in [0, 0.05) is 5.02 Å². The molecule has 144 valence electrons. The Labute approximate surface area is 178 Å². The summed E-state index contributed by atoms with van der Waals surface area (Å²) in [7, 11) is 0. The molecule has 0 bridgehead atoms. The molecule has 2 heterocycles. The highest BCUT2D eigenvalue weighted by atomic mass is 35.5. The van der Waals surface area contributed by atoms with E-state index >= 15 is 0 Å². The molecule has 0 saturated carbocycles. The van der Waals surface area contributed by atoms with Crippen LogP contribution in [0.1, 0.15) is 13.3 Å². The number of thiazole rings is 1. The van der Waals surface area contributed by atoms with Gasteiger partial charge in [-0.3, -0.25) is 9.59 Å². The lowest BCUT2D eigenvalue weighted by Crippen LogP contribution is -2.53. The maximum Gasteiger partial charge on any atom is 0.307 e. The summed E-state index contributed by atoms with van der Waals surface area (Å²) in [5.74, 6) is -1.37. The van der Waals surface area contributed by atoms with Gasteiger partial charge in [0.1, 0.15) is 5.75 Å². The predicted octanol–water partition coefficient (Wildman–Crippen LogP) is 5.55. The fraction of sp³-hybridized carbons (Fsp3) is 0.167. The number of carboxylic acid groups (broad SMARTS) is 1. The Kier molecular flexibility index (Phi) is 4.66. The number of aromatic nitrogens is 1. The van der Waals surface area contributed by atoms with E-state index in [2.05, 4.69) is 4.98 Å². The van der Waals surface area contributed by atoms with E-state index in [0.29, 0.717) is 37.2 Å². The Bertz CT molecular complexity index is 1110. The van der Waals surface area contributed by atoms with Gasteiger partial charge in [0.25, 0.3) is 5.91 Å². The van der Waals surface area contributed by atoms with Crippen LogP contribution in [0.5, 0.6) is 5.75 Å². The molecule has 0 aliphatic carbocycles. The van der Waals surface area contributed by atoms with Crippen LogP contribution >= 0.6 is 46.1 Å². The zero-order valence-corrected chi connectivity index (χ0v) is 17.3. The number of benzene rings is 2. The monoisotopic (exact) mass is 456 g/mol. The van der Waals surface area contributed by atoms with Crippen molar-refractivity contribution < 1.29 is 19.4 Å². The summed E-state index contributed by atoms with van der Waals surface area (Å²) >= 11 is 19.5. The Morgan fingerprint density at radius 2 is 1.96 bits per heavy atom. The molecule has 28 heavy (non-hydrogen) atoms. The highest BCUT2D eigenvalue weighted by Gasteiger charge is 2.47. The van der Waals surface area contributed by atoms with E-state index in [-0.39, 0.29) is 0 Å². The normalized spacial score (nSPS) is 18.9. The standard InChI is InChI=1S/C18H11Cl3N2O4S/c1-18(7-15(24)25)16(26)23(12-4-8(19)2-3-13(12)27-18)17-22-11-5-9(20)10(21)6-14(11)28-17/h2-6H,7H2,1H3,(H,24,25). The summed E-state index contributed by atoms with van der Waals surface area (Å²) in [6.45, 7) is 1.44. The van der Waals surface area contributed by atoms with E-state index in [1.807, 2.05) is 0 Å². The number of hydrogen-bond donors (Lipinski definition) is 1. The van der Waals surface area contributed by atoms with Gasteiger partial charge in [-0.1, -0.05) is 46.1 Å². The van der Waals surface area contributed by atoms with Gasteiger partial charge in [0.2, 0.25) is 0 Å². The second kappa shape index (κ2) is 6.77. The van der Waals surface area contributed by atoms with Gasteiger partial charge in [0.15, 0.2) is 10.7 Å². The van der Waals surface area contributed by atoms with Crippen molar-refractivity contribution in [2.45, 2.75) is 18.9 Å². The smallest absolute Gasteiger partial charge is 0.307 e. The fourth-order valence-corrected chi connectivity index (χ4v) is 4.53. The third kappa shape index (κ3) is 3.18. The molecule has 1 aliphatic heterocycles. The van der Waals surface area contributed by atoms with E-state index in [1.54, 1.807) is 30.3 Å².